The van der Waals surface area contributed by atoms with E-state index in [1.165, 1.54) is 19.4 Å². The molecule has 2 N–H and O–H groups in total. The van der Waals surface area contributed by atoms with E-state index in [-0.39, 0.29) is 5.75 Å². The number of nitrogens with one attached hydrogen (secondary N) is 1. The van der Waals surface area contributed by atoms with Crippen LogP contribution in [-0.2, 0) is 0 Å². The molecule has 0 radical (unpaired) electrons. The highest BCUT2D eigenvalue weighted by molar-refractivity contribution is 5.92. The van der Waals surface area contributed by atoms with Gasteiger partial charge in [-0.1, -0.05) is 6.07 Å². The molecule has 4 nitrogen and oxygen atoms in total. The molecule has 0 aliphatic carbocycles. The minimum absolute atomic E-state index is 0.283. The Hall–Kier alpha value is -1.81. The van der Waals surface area contributed by atoms with Crippen LogP contribution in [0.15, 0.2) is 30.5 Å². The van der Waals surface area contributed by atoms with E-state index in [1.54, 1.807) is 12.1 Å². The van der Waals surface area contributed by atoms with Crippen molar-refractivity contribution >= 4 is 16.6 Å². The van der Waals surface area contributed by atoms with E-state index < -0.39 is 0 Å². The molecule has 0 saturated carbocycles. The first-order valence-corrected chi connectivity index (χ1v) is 7.22. The Bertz CT molecular complexity index is 599. The number of piperidine rings is 1. The average molecular weight is 271 g/mol. The first kappa shape index (κ1) is 13.2. The van der Waals surface area contributed by atoms with Crippen LogP contribution in [0.4, 0.5) is 5.82 Å². The minimum Gasteiger partial charge on any atom is -0.508 e. The van der Waals surface area contributed by atoms with Crippen LogP contribution in [0.2, 0.25) is 0 Å². The lowest BCUT2D eigenvalue weighted by molar-refractivity contribution is 0.217. The summed E-state index contributed by atoms with van der Waals surface area (Å²) in [5.41, 5.74) is 0. The monoisotopic (exact) mass is 271 g/mol. The molecular weight excluding hydrogens is 250 g/mol. The molecule has 1 aromatic carbocycles. The number of phenols is 1. The van der Waals surface area contributed by atoms with Crippen molar-refractivity contribution in [3.8, 4) is 5.75 Å². The molecule has 3 rings (SSSR count). The molecule has 0 bridgehead atoms. The number of anilines is 1. The molecule has 4 heteroatoms. The highest BCUT2D eigenvalue weighted by Gasteiger charge is 2.17. The van der Waals surface area contributed by atoms with Gasteiger partial charge in [0.2, 0.25) is 0 Å². The molecule has 106 valence electrons. The number of pyridine rings is 1. The van der Waals surface area contributed by atoms with Crippen LogP contribution in [0.5, 0.6) is 5.75 Å². The fraction of sp³-hybridized carbons (Fsp3) is 0.438. The molecule has 1 aliphatic heterocycles. The van der Waals surface area contributed by atoms with Crippen molar-refractivity contribution in [1.82, 2.24) is 9.88 Å². The average Bonchev–Trinajstić information content (AvgIpc) is 2.45. The Morgan fingerprint density at radius 3 is 3.15 bits per heavy atom. The van der Waals surface area contributed by atoms with Gasteiger partial charge >= 0.3 is 0 Å². The number of fused-ring (bicyclic) bond motifs is 1. The number of likely N-dealkylation sites (tertiary alicyclic amines) is 1. The van der Waals surface area contributed by atoms with E-state index in [1.807, 2.05) is 18.3 Å². The summed E-state index contributed by atoms with van der Waals surface area (Å²) in [4.78, 5) is 6.80. The first-order chi connectivity index (χ1) is 9.72. The van der Waals surface area contributed by atoms with Crippen molar-refractivity contribution in [1.29, 1.82) is 0 Å². The maximum Gasteiger partial charge on any atom is 0.133 e. The van der Waals surface area contributed by atoms with Crippen LogP contribution in [0.25, 0.3) is 10.8 Å². The number of hydrogen-bond acceptors (Lipinski definition) is 4. The zero-order chi connectivity index (χ0) is 13.9. The fourth-order valence-corrected chi connectivity index (χ4v) is 2.98. The molecular formula is C16H21N3O. The predicted octanol–water partition coefficient (Wildman–Crippen LogP) is 2.69. The fourth-order valence-electron chi connectivity index (χ4n) is 2.98. The van der Waals surface area contributed by atoms with Crippen LogP contribution in [0.3, 0.4) is 0 Å². The summed E-state index contributed by atoms with van der Waals surface area (Å²) in [5, 5.41) is 15.2. The highest BCUT2D eigenvalue weighted by atomic mass is 16.3. The second kappa shape index (κ2) is 5.67. The minimum atomic E-state index is 0.283. The third-order valence-electron chi connectivity index (χ3n) is 4.03. The third-order valence-corrected chi connectivity index (χ3v) is 4.03. The van der Waals surface area contributed by atoms with E-state index in [9.17, 15) is 5.11 Å². The molecule has 0 amide bonds. The summed E-state index contributed by atoms with van der Waals surface area (Å²) in [7, 11) is 2.18. The van der Waals surface area contributed by atoms with Crippen LogP contribution < -0.4 is 5.32 Å². The highest BCUT2D eigenvalue weighted by Crippen LogP contribution is 2.25. The summed E-state index contributed by atoms with van der Waals surface area (Å²) < 4.78 is 0. The smallest absolute Gasteiger partial charge is 0.133 e. The summed E-state index contributed by atoms with van der Waals surface area (Å²) in [6.45, 7) is 3.28. The van der Waals surface area contributed by atoms with E-state index in [2.05, 4.69) is 22.2 Å². The summed E-state index contributed by atoms with van der Waals surface area (Å²) >= 11 is 0. The maximum absolute atomic E-state index is 9.64. The Morgan fingerprint density at radius 1 is 1.40 bits per heavy atom. The summed E-state index contributed by atoms with van der Waals surface area (Å²) in [6, 6.07) is 7.38. The van der Waals surface area contributed by atoms with Crippen LogP contribution in [0.1, 0.15) is 12.8 Å². The Labute approximate surface area is 119 Å². The molecule has 20 heavy (non-hydrogen) atoms. The summed E-state index contributed by atoms with van der Waals surface area (Å²) in [5.74, 6) is 1.82. The number of phenolic OH excluding ortho intramolecular Hbond substituents is 1. The lowest BCUT2D eigenvalue weighted by atomic mass is 9.98. The molecule has 1 saturated heterocycles. The van der Waals surface area contributed by atoms with Gasteiger partial charge in [-0.15, -0.1) is 0 Å². The van der Waals surface area contributed by atoms with Gasteiger partial charge in [-0.2, -0.15) is 0 Å². The number of hydrogen-bond donors (Lipinski definition) is 2. The second-order valence-electron chi connectivity index (χ2n) is 5.72. The number of aromatic nitrogens is 1. The van der Waals surface area contributed by atoms with E-state index >= 15 is 0 Å². The molecule has 1 aromatic heterocycles. The van der Waals surface area contributed by atoms with Crippen molar-refractivity contribution in [3.63, 3.8) is 0 Å². The molecule has 2 aromatic rings. The second-order valence-corrected chi connectivity index (χ2v) is 5.72. The van der Waals surface area contributed by atoms with Crippen molar-refractivity contribution in [2.24, 2.45) is 5.92 Å². The Balaban J connectivity index is 1.75. The molecule has 1 fully saturated rings. The number of aromatic hydroxyl groups is 1. The van der Waals surface area contributed by atoms with Crippen LogP contribution >= 0.6 is 0 Å². The SMILES string of the molecule is CN1CCCC(CNc2nccc3ccc(O)cc23)C1. The van der Waals surface area contributed by atoms with Crippen molar-refractivity contribution in [3.05, 3.63) is 30.5 Å². The Morgan fingerprint density at radius 2 is 2.30 bits per heavy atom. The van der Waals surface area contributed by atoms with Crippen LogP contribution in [-0.4, -0.2) is 41.7 Å². The normalized spacial score (nSPS) is 20.1. The number of nitrogens with zero attached hydrogens (tertiary/aromatic N) is 2. The molecule has 1 atom stereocenters. The number of benzene rings is 1. The summed E-state index contributed by atoms with van der Waals surface area (Å²) in [6.07, 6.45) is 4.36. The van der Waals surface area contributed by atoms with Crippen LogP contribution in [0, 0.1) is 5.92 Å². The molecule has 1 unspecified atom stereocenters. The standard InChI is InChI=1S/C16H21N3O/c1-19-8-2-3-12(11-19)10-18-16-15-9-14(20)5-4-13(15)6-7-17-16/h4-7,9,12,20H,2-3,8,10-11H2,1H3,(H,17,18). The van der Waals surface area contributed by atoms with Crippen molar-refractivity contribution in [2.75, 3.05) is 32.0 Å². The largest absolute Gasteiger partial charge is 0.508 e. The van der Waals surface area contributed by atoms with Gasteiger partial charge in [-0.25, -0.2) is 4.98 Å². The predicted molar refractivity (Wildman–Crippen MR) is 82.1 cm³/mol. The van der Waals surface area contributed by atoms with Gasteiger partial charge < -0.3 is 15.3 Å². The zero-order valence-electron chi connectivity index (χ0n) is 11.8. The maximum atomic E-state index is 9.64. The van der Waals surface area contributed by atoms with Gasteiger partial charge in [0.05, 0.1) is 0 Å². The van der Waals surface area contributed by atoms with E-state index in [4.69, 9.17) is 0 Å². The lowest BCUT2D eigenvalue weighted by Gasteiger charge is -2.29. The van der Waals surface area contributed by atoms with Gasteiger partial charge in [-0.3, -0.25) is 0 Å². The molecule has 2 heterocycles. The molecule has 1 aliphatic rings. The van der Waals surface area contributed by atoms with Crippen molar-refractivity contribution in [2.45, 2.75) is 12.8 Å². The van der Waals surface area contributed by atoms with Gasteiger partial charge in [0.25, 0.3) is 0 Å². The van der Waals surface area contributed by atoms with Gasteiger partial charge in [0, 0.05) is 24.7 Å². The topological polar surface area (TPSA) is 48.4 Å². The van der Waals surface area contributed by atoms with E-state index in [0.717, 1.165) is 29.7 Å². The first-order valence-electron chi connectivity index (χ1n) is 7.22. The van der Waals surface area contributed by atoms with Gasteiger partial charge in [0.15, 0.2) is 0 Å². The van der Waals surface area contributed by atoms with Gasteiger partial charge in [0.1, 0.15) is 11.6 Å². The van der Waals surface area contributed by atoms with Gasteiger partial charge in [-0.05, 0) is 55.9 Å². The van der Waals surface area contributed by atoms with Crippen molar-refractivity contribution < 1.29 is 5.11 Å². The zero-order valence-corrected chi connectivity index (χ0v) is 11.8. The number of rotatable bonds is 3. The quantitative estimate of drug-likeness (QED) is 0.901. The van der Waals surface area contributed by atoms with E-state index in [0.29, 0.717) is 5.92 Å². The molecule has 0 spiro atoms. The Kier molecular flexibility index (Phi) is 3.74. The lowest BCUT2D eigenvalue weighted by Crippen LogP contribution is -2.35. The third kappa shape index (κ3) is 2.85.